The molecular formula is C13H14FNO4. The summed E-state index contributed by atoms with van der Waals surface area (Å²) in [5, 5.41) is 8.85. The number of rotatable bonds is 2. The molecule has 0 saturated carbocycles. The lowest BCUT2D eigenvalue weighted by Crippen LogP contribution is -2.41. The van der Waals surface area contributed by atoms with Crippen LogP contribution < -0.4 is 4.74 Å². The molecule has 0 aliphatic carbocycles. The van der Waals surface area contributed by atoms with Gasteiger partial charge in [0.05, 0.1) is 5.92 Å². The van der Waals surface area contributed by atoms with Crippen LogP contribution in [0.15, 0.2) is 24.3 Å². The Morgan fingerprint density at radius 2 is 1.89 bits per heavy atom. The van der Waals surface area contributed by atoms with E-state index in [1.807, 2.05) is 0 Å². The minimum atomic E-state index is -0.845. The summed E-state index contributed by atoms with van der Waals surface area (Å²) in [4.78, 5) is 24.0. The monoisotopic (exact) mass is 267 g/mol. The molecule has 2 rings (SSSR count). The van der Waals surface area contributed by atoms with Gasteiger partial charge in [-0.15, -0.1) is 0 Å². The molecule has 0 aromatic heterocycles. The standard InChI is InChI=1S/C13H14FNO4/c14-10-3-1-2-4-11(10)19-13(18)15-7-5-9(6-8-15)12(16)17/h1-4,9H,5-8H2,(H,16,17). The number of nitrogens with zero attached hydrogens (tertiary/aromatic N) is 1. The van der Waals surface area contributed by atoms with Gasteiger partial charge in [0.1, 0.15) is 0 Å². The minimum absolute atomic E-state index is 0.118. The number of para-hydroxylation sites is 1. The highest BCUT2D eigenvalue weighted by Gasteiger charge is 2.28. The summed E-state index contributed by atoms with van der Waals surface area (Å²) < 4.78 is 18.3. The highest BCUT2D eigenvalue weighted by atomic mass is 19.1. The van der Waals surface area contributed by atoms with Gasteiger partial charge in [-0.05, 0) is 25.0 Å². The van der Waals surface area contributed by atoms with E-state index in [1.54, 1.807) is 6.07 Å². The minimum Gasteiger partial charge on any atom is -0.481 e. The van der Waals surface area contributed by atoms with E-state index in [-0.39, 0.29) is 5.75 Å². The number of carbonyl (C=O) groups excluding carboxylic acids is 1. The molecule has 102 valence electrons. The van der Waals surface area contributed by atoms with Crippen LogP contribution in [0.5, 0.6) is 5.75 Å². The second-order valence-electron chi connectivity index (χ2n) is 4.40. The third-order valence-electron chi connectivity index (χ3n) is 3.14. The van der Waals surface area contributed by atoms with Gasteiger partial charge in [0, 0.05) is 13.1 Å². The van der Waals surface area contributed by atoms with Crippen molar-refractivity contribution in [2.75, 3.05) is 13.1 Å². The number of aliphatic carboxylic acids is 1. The van der Waals surface area contributed by atoms with Crippen LogP contribution in [0.3, 0.4) is 0 Å². The first kappa shape index (κ1) is 13.3. The van der Waals surface area contributed by atoms with Crippen molar-refractivity contribution in [3.8, 4) is 5.75 Å². The van der Waals surface area contributed by atoms with E-state index < -0.39 is 23.8 Å². The maximum Gasteiger partial charge on any atom is 0.415 e. The predicted octanol–water partition coefficient (Wildman–Crippen LogP) is 2.12. The molecule has 0 atom stereocenters. The van der Waals surface area contributed by atoms with Crippen LogP contribution in [0.1, 0.15) is 12.8 Å². The fourth-order valence-electron chi connectivity index (χ4n) is 2.00. The number of piperidine rings is 1. The summed E-state index contributed by atoms with van der Waals surface area (Å²) in [6.45, 7) is 0.620. The maximum absolute atomic E-state index is 13.3. The Morgan fingerprint density at radius 1 is 1.26 bits per heavy atom. The normalized spacial score (nSPS) is 16.2. The van der Waals surface area contributed by atoms with Crippen molar-refractivity contribution in [1.82, 2.24) is 4.90 Å². The zero-order valence-corrected chi connectivity index (χ0v) is 10.2. The molecule has 1 saturated heterocycles. The molecule has 1 fully saturated rings. The maximum atomic E-state index is 13.3. The first-order chi connectivity index (χ1) is 9.08. The van der Waals surface area contributed by atoms with Crippen LogP contribution in [0.25, 0.3) is 0 Å². The number of amides is 1. The van der Waals surface area contributed by atoms with Gasteiger partial charge in [0.15, 0.2) is 11.6 Å². The molecule has 1 heterocycles. The second kappa shape index (κ2) is 5.69. The van der Waals surface area contributed by atoms with Gasteiger partial charge < -0.3 is 14.7 Å². The molecule has 1 aromatic carbocycles. The average molecular weight is 267 g/mol. The predicted molar refractivity (Wildman–Crippen MR) is 64.4 cm³/mol. The summed E-state index contributed by atoms with van der Waals surface area (Å²) in [5.41, 5.74) is 0. The molecule has 5 nitrogen and oxygen atoms in total. The summed E-state index contributed by atoms with van der Waals surface area (Å²) in [7, 11) is 0. The van der Waals surface area contributed by atoms with E-state index in [9.17, 15) is 14.0 Å². The topological polar surface area (TPSA) is 66.8 Å². The van der Waals surface area contributed by atoms with Gasteiger partial charge in [0.25, 0.3) is 0 Å². The largest absolute Gasteiger partial charge is 0.481 e. The number of hydrogen-bond acceptors (Lipinski definition) is 3. The highest BCUT2D eigenvalue weighted by Crippen LogP contribution is 2.20. The zero-order valence-electron chi connectivity index (χ0n) is 10.2. The van der Waals surface area contributed by atoms with E-state index in [0.717, 1.165) is 0 Å². The van der Waals surface area contributed by atoms with Gasteiger partial charge >= 0.3 is 12.1 Å². The lowest BCUT2D eigenvalue weighted by molar-refractivity contribution is -0.143. The van der Waals surface area contributed by atoms with Gasteiger partial charge in [-0.2, -0.15) is 0 Å². The lowest BCUT2D eigenvalue weighted by atomic mass is 9.97. The number of carboxylic acid groups (broad SMARTS) is 1. The third-order valence-corrected chi connectivity index (χ3v) is 3.14. The van der Waals surface area contributed by atoms with E-state index >= 15 is 0 Å². The van der Waals surface area contributed by atoms with Crippen molar-refractivity contribution in [2.45, 2.75) is 12.8 Å². The van der Waals surface area contributed by atoms with Crippen LogP contribution in [-0.4, -0.2) is 35.2 Å². The Bertz CT molecular complexity index is 483. The first-order valence-corrected chi connectivity index (χ1v) is 6.02. The van der Waals surface area contributed by atoms with Crippen molar-refractivity contribution in [1.29, 1.82) is 0 Å². The van der Waals surface area contributed by atoms with Crippen molar-refractivity contribution >= 4 is 12.1 Å². The van der Waals surface area contributed by atoms with Crippen molar-refractivity contribution in [2.24, 2.45) is 5.92 Å². The quantitative estimate of drug-likeness (QED) is 0.891. The zero-order chi connectivity index (χ0) is 13.8. The number of likely N-dealkylation sites (tertiary alicyclic amines) is 1. The first-order valence-electron chi connectivity index (χ1n) is 6.02. The molecule has 6 heteroatoms. The van der Waals surface area contributed by atoms with Crippen LogP contribution in [0.2, 0.25) is 0 Å². The molecular weight excluding hydrogens is 253 g/mol. The number of carboxylic acids is 1. The Morgan fingerprint density at radius 3 is 2.47 bits per heavy atom. The van der Waals surface area contributed by atoms with Crippen molar-refractivity contribution in [3.63, 3.8) is 0 Å². The fraction of sp³-hybridized carbons (Fsp3) is 0.385. The van der Waals surface area contributed by atoms with Crippen LogP contribution in [-0.2, 0) is 4.79 Å². The van der Waals surface area contributed by atoms with Crippen molar-refractivity contribution < 1.29 is 23.8 Å². The second-order valence-corrected chi connectivity index (χ2v) is 4.40. The summed E-state index contributed by atoms with van der Waals surface area (Å²) >= 11 is 0. The molecule has 0 unspecified atom stereocenters. The van der Waals surface area contributed by atoms with Crippen LogP contribution in [0.4, 0.5) is 9.18 Å². The molecule has 1 aliphatic rings. The smallest absolute Gasteiger partial charge is 0.415 e. The van der Waals surface area contributed by atoms with Gasteiger partial charge in [-0.25, -0.2) is 9.18 Å². The molecule has 0 spiro atoms. The van der Waals surface area contributed by atoms with Crippen molar-refractivity contribution in [3.05, 3.63) is 30.1 Å². The third kappa shape index (κ3) is 3.21. The van der Waals surface area contributed by atoms with Crippen LogP contribution in [0, 0.1) is 11.7 Å². The van der Waals surface area contributed by atoms with Gasteiger partial charge in [0.2, 0.25) is 0 Å². The SMILES string of the molecule is O=C(O)C1CCN(C(=O)Oc2ccccc2F)CC1. The summed E-state index contributed by atoms with van der Waals surface area (Å²) in [5.74, 6) is -1.98. The molecule has 1 N–H and O–H groups in total. The summed E-state index contributed by atoms with van der Waals surface area (Å²) in [6.07, 6.45) is 0.137. The Kier molecular flexibility index (Phi) is 3.99. The van der Waals surface area contributed by atoms with Crippen LogP contribution >= 0.6 is 0 Å². The molecule has 19 heavy (non-hydrogen) atoms. The summed E-state index contributed by atoms with van der Waals surface area (Å²) in [6, 6.07) is 5.66. The number of hydrogen-bond donors (Lipinski definition) is 1. The molecule has 0 radical (unpaired) electrons. The highest BCUT2D eigenvalue weighted by molar-refractivity contribution is 5.73. The number of benzene rings is 1. The average Bonchev–Trinajstić information content (AvgIpc) is 2.41. The Balaban J connectivity index is 1.92. The lowest BCUT2D eigenvalue weighted by Gasteiger charge is -2.29. The molecule has 1 aliphatic heterocycles. The Hall–Kier alpha value is -2.11. The number of ether oxygens (including phenoxy) is 1. The molecule has 1 aromatic rings. The molecule has 1 amide bonds. The molecule has 0 bridgehead atoms. The Labute approximate surface area is 109 Å². The number of halogens is 1. The van der Waals surface area contributed by atoms with Gasteiger partial charge in [-0.3, -0.25) is 4.79 Å². The van der Waals surface area contributed by atoms with E-state index in [4.69, 9.17) is 9.84 Å². The van der Waals surface area contributed by atoms with E-state index in [1.165, 1.54) is 23.1 Å². The van der Waals surface area contributed by atoms with E-state index in [2.05, 4.69) is 0 Å². The van der Waals surface area contributed by atoms with E-state index in [0.29, 0.717) is 25.9 Å². The number of carbonyl (C=O) groups is 2. The van der Waals surface area contributed by atoms with Gasteiger partial charge in [-0.1, -0.05) is 12.1 Å². The fourth-order valence-corrected chi connectivity index (χ4v) is 2.00.